The summed E-state index contributed by atoms with van der Waals surface area (Å²) < 4.78 is 1.34. The zero-order valence-electron chi connectivity index (χ0n) is 11.7. The van der Waals surface area contributed by atoms with Crippen molar-refractivity contribution in [2.45, 2.75) is 19.8 Å². The number of hydrogen-bond acceptors (Lipinski definition) is 4. The highest BCUT2D eigenvalue weighted by molar-refractivity contribution is 5.33. The lowest BCUT2D eigenvalue weighted by atomic mass is 10.1. The largest absolute Gasteiger partial charge is 0.396 e. The average molecular weight is 284 g/mol. The fraction of sp³-hybridized carbons (Fsp3) is 0.267. The summed E-state index contributed by atoms with van der Waals surface area (Å²) in [5.74, 6) is 1.05. The molecule has 0 unspecified atom stereocenters. The summed E-state index contributed by atoms with van der Waals surface area (Å²) in [6.07, 6.45) is 0.908. The van der Waals surface area contributed by atoms with E-state index in [0.29, 0.717) is 35.7 Å². The first-order valence-electron chi connectivity index (χ1n) is 6.81. The molecule has 2 heterocycles. The van der Waals surface area contributed by atoms with E-state index in [9.17, 15) is 4.79 Å². The molecule has 0 spiro atoms. The minimum Gasteiger partial charge on any atom is -0.396 e. The summed E-state index contributed by atoms with van der Waals surface area (Å²) in [4.78, 5) is 21.0. The maximum Gasteiger partial charge on any atom is 0.277 e. The number of nitrogens with one attached hydrogen (secondary N) is 1. The van der Waals surface area contributed by atoms with Crippen LogP contribution in [-0.2, 0) is 12.8 Å². The number of aromatic amines is 1. The van der Waals surface area contributed by atoms with E-state index in [0.717, 1.165) is 5.56 Å². The topological polar surface area (TPSA) is 83.3 Å². The molecule has 3 aromatic rings. The Morgan fingerprint density at radius 3 is 2.71 bits per heavy atom. The van der Waals surface area contributed by atoms with E-state index >= 15 is 0 Å². The fourth-order valence-electron chi connectivity index (χ4n) is 2.37. The van der Waals surface area contributed by atoms with Crippen LogP contribution in [0.25, 0.3) is 5.78 Å². The summed E-state index contributed by atoms with van der Waals surface area (Å²) in [5, 5.41) is 12.0. The van der Waals surface area contributed by atoms with Crippen LogP contribution in [0, 0.1) is 6.92 Å². The molecule has 0 saturated carbocycles. The Kier molecular flexibility index (Phi) is 3.53. The summed E-state index contributed by atoms with van der Waals surface area (Å²) in [6.45, 7) is 1.69. The molecule has 0 radical (unpaired) electrons. The number of rotatable bonds is 4. The number of aliphatic hydroxyl groups excluding tert-OH is 1. The first kappa shape index (κ1) is 13.5. The summed E-state index contributed by atoms with van der Waals surface area (Å²) in [5.41, 5.74) is 2.05. The number of aromatic nitrogens is 4. The second kappa shape index (κ2) is 5.49. The van der Waals surface area contributed by atoms with E-state index in [2.05, 4.69) is 15.1 Å². The Hall–Kier alpha value is -2.47. The lowest BCUT2D eigenvalue weighted by Gasteiger charge is -2.01. The van der Waals surface area contributed by atoms with Crippen LogP contribution < -0.4 is 5.56 Å². The van der Waals surface area contributed by atoms with Crippen molar-refractivity contribution in [1.29, 1.82) is 0 Å². The Labute approximate surface area is 121 Å². The Balaban J connectivity index is 2.04. The first-order valence-corrected chi connectivity index (χ1v) is 6.81. The predicted octanol–water partition coefficient (Wildman–Crippen LogP) is 0.852. The zero-order valence-corrected chi connectivity index (χ0v) is 11.7. The lowest BCUT2D eigenvalue weighted by molar-refractivity contribution is 0.298. The molecule has 0 atom stereocenters. The summed E-state index contributed by atoms with van der Waals surface area (Å²) >= 11 is 0. The molecule has 2 N–H and O–H groups in total. The Morgan fingerprint density at radius 2 is 2.00 bits per heavy atom. The van der Waals surface area contributed by atoms with Crippen molar-refractivity contribution in [3.63, 3.8) is 0 Å². The third-order valence-electron chi connectivity index (χ3n) is 3.42. The van der Waals surface area contributed by atoms with E-state index < -0.39 is 0 Å². The maximum absolute atomic E-state index is 12.3. The molecular formula is C15H16N4O2. The number of fused-ring (bicyclic) bond motifs is 1. The van der Waals surface area contributed by atoms with Crippen LogP contribution in [-0.4, -0.2) is 31.3 Å². The number of nitrogens with zero attached hydrogens (tertiary/aromatic N) is 3. The first-order chi connectivity index (χ1) is 10.2. The maximum atomic E-state index is 12.3. The van der Waals surface area contributed by atoms with Gasteiger partial charge in [0.05, 0.1) is 5.69 Å². The number of aryl methyl sites for hydroxylation is 1. The highest BCUT2D eigenvalue weighted by Gasteiger charge is 2.12. The van der Waals surface area contributed by atoms with Crippen LogP contribution in [0.4, 0.5) is 0 Å². The molecule has 0 bridgehead atoms. The number of aliphatic hydroxyl groups is 1. The number of H-pyrrole nitrogens is 1. The van der Waals surface area contributed by atoms with Gasteiger partial charge in [-0.2, -0.15) is 9.50 Å². The molecule has 0 amide bonds. The van der Waals surface area contributed by atoms with Gasteiger partial charge < -0.3 is 5.11 Å². The van der Waals surface area contributed by atoms with Gasteiger partial charge in [-0.15, -0.1) is 0 Å². The number of benzene rings is 1. The highest BCUT2D eigenvalue weighted by Crippen LogP contribution is 2.07. The molecule has 6 nitrogen and oxygen atoms in total. The van der Waals surface area contributed by atoms with E-state index in [-0.39, 0.29) is 12.2 Å². The highest BCUT2D eigenvalue weighted by atomic mass is 16.3. The van der Waals surface area contributed by atoms with Gasteiger partial charge in [-0.1, -0.05) is 30.3 Å². The third kappa shape index (κ3) is 2.57. The van der Waals surface area contributed by atoms with Gasteiger partial charge in [-0.25, -0.2) is 4.98 Å². The lowest BCUT2D eigenvalue weighted by Crippen LogP contribution is -2.22. The van der Waals surface area contributed by atoms with Gasteiger partial charge in [-0.3, -0.25) is 9.89 Å². The minimum atomic E-state index is -0.196. The summed E-state index contributed by atoms with van der Waals surface area (Å²) in [6, 6.07) is 9.90. The van der Waals surface area contributed by atoms with Gasteiger partial charge in [0.2, 0.25) is 0 Å². The molecule has 0 aliphatic carbocycles. The van der Waals surface area contributed by atoms with Crippen LogP contribution >= 0.6 is 0 Å². The van der Waals surface area contributed by atoms with Crippen LogP contribution in [0.3, 0.4) is 0 Å². The Bertz CT molecular complexity index is 821. The van der Waals surface area contributed by atoms with Gasteiger partial charge >= 0.3 is 0 Å². The monoisotopic (exact) mass is 284 g/mol. The van der Waals surface area contributed by atoms with E-state index in [1.54, 1.807) is 6.92 Å². The summed E-state index contributed by atoms with van der Waals surface area (Å²) in [7, 11) is 0. The molecule has 108 valence electrons. The third-order valence-corrected chi connectivity index (χ3v) is 3.42. The van der Waals surface area contributed by atoms with Crippen LogP contribution in [0.1, 0.15) is 22.6 Å². The standard InChI is InChI=1S/C15H16N4O2/c1-10-12(7-8-20)14(21)19-15(16-10)17-13(18-19)9-11-5-3-2-4-6-11/h2-6,20H,7-9H2,1H3,(H,16,17,18). The smallest absolute Gasteiger partial charge is 0.277 e. The second-order valence-corrected chi connectivity index (χ2v) is 4.92. The van der Waals surface area contributed by atoms with Crippen molar-refractivity contribution >= 4 is 5.78 Å². The van der Waals surface area contributed by atoms with Crippen molar-refractivity contribution in [2.24, 2.45) is 0 Å². The van der Waals surface area contributed by atoms with Gasteiger partial charge in [0.15, 0.2) is 0 Å². The van der Waals surface area contributed by atoms with E-state index in [1.807, 2.05) is 30.3 Å². The molecule has 3 rings (SSSR count). The van der Waals surface area contributed by atoms with Gasteiger partial charge in [-0.05, 0) is 12.5 Å². The second-order valence-electron chi connectivity index (χ2n) is 4.92. The predicted molar refractivity (Wildman–Crippen MR) is 78.4 cm³/mol. The average Bonchev–Trinajstić information content (AvgIpc) is 2.87. The SMILES string of the molecule is Cc1nc2nc(Cc3ccccc3)[nH]n2c(=O)c1CCO. The van der Waals surface area contributed by atoms with Crippen molar-refractivity contribution in [3.05, 3.63) is 63.3 Å². The van der Waals surface area contributed by atoms with Gasteiger partial charge in [0.25, 0.3) is 11.3 Å². The van der Waals surface area contributed by atoms with Crippen LogP contribution in [0.2, 0.25) is 0 Å². The molecular weight excluding hydrogens is 268 g/mol. The quantitative estimate of drug-likeness (QED) is 0.744. The van der Waals surface area contributed by atoms with E-state index in [4.69, 9.17) is 5.11 Å². The molecule has 0 aliphatic heterocycles. The fourth-order valence-corrected chi connectivity index (χ4v) is 2.37. The van der Waals surface area contributed by atoms with Crippen LogP contribution in [0.5, 0.6) is 0 Å². The van der Waals surface area contributed by atoms with Crippen molar-refractivity contribution in [2.75, 3.05) is 6.61 Å². The Morgan fingerprint density at radius 1 is 1.24 bits per heavy atom. The molecule has 0 fully saturated rings. The van der Waals surface area contributed by atoms with Crippen molar-refractivity contribution < 1.29 is 5.11 Å². The minimum absolute atomic E-state index is 0.0746. The normalized spacial score (nSPS) is 11.1. The molecule has 0 saturated heterocycles. The van der Waals surface area contributed by atoms with Crippen molar-refractivity contribution in [3.8, 4) is 0 Å². The van der Waals surface area contributed by atoms with Crippen molar-refractivity contribution in [1.82, 2.24) is 19.6 Å². The molecule has 2 aromatic heterocycles. The molecule has 21 heavy (non-hydrogen) atoms. The molecule has 6 heteroatoms. The van der Waals surface area contributed by atoms with Crippen LogP contribution in [0.15, 0.2) is 35.1 Å². The molecule has 1 aromatic carbocycles. The van der Waals surface area contributed by atoms with Gasteiger partial charge in [0.1, 0.15) is 5.82 Å². The van der Waals surface area contributed by atoms with Gasteiger partial charge in [0, 0.05) is 25.0 Å². The molecule has 0 aliphatic rings. The zero-order chi connectivity index (χ0) is 14.8. The van der Waals surface area contributed by atoms with E-state index in [1.165, 1.54) is 4.52 Å². The number of hydrogen-bond donors (Lipinski definition) is 2.